The maximum Gasteiger partial charge on any atom is 1.00 e. The van der Waals surface area contributed by atoms with E-state index in [4.69, 9.17) is 28.4 Å². The molecule has 1 aliphatic carbocycles. The van der Waals surface area contributed by atoms with Crippen LogP contribution in [0.3, 0.4) is 0 Å². The molecule has 0 saturated heterocycles. The summed E-state index contributed by atoms with van der Waals surface area (Å²) in [6.45, 7) is 2.25. The molecule has 204 valence electrons. The van der Waals surface area contributed by atoms with Gasteiger partial charge in [-0.3, -0.25) is 0 Å². The smallest absolute Gasteiger partial charge is 0.550 e. The summed E-state index contributed by atoms with van der Waals surface area (Å²) >= 11 is 0. The first-order chi connectivity index (χ1) is 18.9. The van der Waals surface area contributed by atoms with Crippen molar-refractivity contribution in [3.8, 4) is 28.7 Å². The van der Waals surface area contributed by atoms with Crippen LogP contribution in [-0.4, -0.2) is 46.2 Å². The number of carbonyl (C=O) groups excluding carboxylic acids is 2. The number of carboxylic acids is 1. The van der Waals surface area contributed by atoms with Crippen molar-refractivity contribution in [3.05, 3.63) is 76.9 Å². The molecule has 2 atom stereocenters. The van der Waals surface area contributed by atoms with Gasteiger partial charge in [-0.05, 0) is 59.9 Å². The van der Waals surface area contributed by atoms with Gasteiger partial charge >= 0.3 is 35.5 Å². The molecule has 0 N–H and O–H groups in total. The Balaban J connectivity index is 0.00000370. The molecule has 40 heavy (non-hydrogen) atoms. The fourth-order valence-electron chi connectivity index (χ4n) is 5.51. The molecule has 9 nitrogen and oxygen atoms in total. The molecule has 2 unspecified atom stereocenters. The zero-order valence-electron chi connectivity index (χ0n) is 23.0. The molecular formula is C30H29NaO9. The van der Waals surface area contributed by atoms with Crippen molar-refractivity contribution in [1.82, 2.24) is 0 Å². The Morgan fingerprint density at radius 1 is 0.950 bits per heavy atom. The molecule has 0 spiro atoms. The average molecular weight is 557 g/mol. The first-order valence-corrected chi connectivity index (χ1v) is 12.7. The molecule has 10 heteroatoms. The minimum atomic E-state index is -1.27. The standard InChI is InChI=1S/C30H30O9.Na/c1-4-11-36-21-7-8-22-18(12-21)13-24(29(32)33)30(22,19-5-10-25-27(14-19)39-17-38-25)23-9-6-20(34-2)15-26(23)37-16-28(31)35-3;/h5-10,12,14-15,24H,4,11,13,16-17H2,1-3H3,(H,32,33);/q;+1/p-1. The summed E-state index contributed by atoms with van der Waals surface area (Å²) in [5.74, 6) is -0.345. The quantitative estimate of drug-likeness (QED) is 0.252. The van der Waals surface area contributed by atoms with Gasteiger partial charge in [-0.15, -0.1) is 0 Å². The van der Waals surface area contributed by atoms with Crippen LogP contribution in [0.2, 0.25) is 0 Å². The Bertz CT molecular complexity index is 1410. The van der Waals surface area contributed by atoms with Crippen LogP contribution in [-0.2, 0) is 26.2 Å². The number of benzene rings is 3. The van der Waals surface area contributed by atoms with E-state index in [-0.39, 0.29) is 55.1 Å². The molecule has 0 fully saturated rings. The van der Waals surface area contributed by atoms with Crippen LogP contribution in [0, 0.1) is 5.92 Å². The summed E-state index contributed by atoms with van der Waals surface area (Å²) in [4.78, 5) is 24.9. The van der Waals surface area contributed by atoms with E-state index in [9.17, 15) is 14.7 Å². The van der Waals surface area contributed by atoms with Gasteiger partial charge in [-0.25, -0.2) is 4.79 Å². The molecule has 5 rings (SSSR count). The number of rotatable bonds is 10. The van der Waals surface area contributed by atoms with Crippen molar-refractivity contribution >= 4 is 11.9 Å². The van der Waals surface area contributed by atoms with Gasteiger partial charge in [0, 0.05) is 23.5 Å². The third-order valence-electron chi connectivity index (χ3n) is 7.22. The molecule has 0 bridgehead atoms. The molecule has 0 amide bonds. The van der Waals surface area contributed by atoms with Crippen LogP contribution in [0.25, 0.3) is 0 Å². The number of hydrogen-bond acceptors (Lipinski definition) is 9. The van der Waals surface area contributed by atoms with Gasteiger partial charge < -0.3 is 38.3 Å². The van der Waals surface area contributed by atoms with Crippen LogP contribution in [0.5, 0.6) is 28.7 Å². The number of methoxy groups -OCH3 is 2. The SMILES string of the molecule is CCCOc1ccc2c(c1)CC(C(=O)[O-])C2(c1ccc2c(c1)OCO2)c1ccc(OC)cc1OCC(=O)OC.[Na+]. The molecule has 3 aromatic carbocycles. The van der Waals surface area contributed by atoms with Crippen LogP contribution in [0.15, 0.2) is 54.6 Å². The van der Waals surface area contributed by atoms with Crippen molar-refractivity contribution in [2.45, 2.75) is 25.2 Å². The first-order valence-electron chi connectivity index (χ1n) is 12.7. The summed E-state index contributed by atoms with van der Waals surface area (Å²) < 4.78 is 33.2. The Labute approximate surface area is 254 Å². The Kier molecular flexibility index (Phi) is 9.18. The predicted molar refractivity (Wildman–Crippen MR) is 137 cm³/mol. The number of carbonyl (C=O) groups is 2. The van der Waals surface area contributed by atoms with Crippen LogP contribution < -0.4 is 58.3 Å². The van der Waals surface area contributed by atoms with E-state index in [1.807, 2.05) is 31.2 Å². The van der Waals surface area contributed by atoms with Gasteiger partial charge in [0.2, 0.25) is 6.79 Å². The van der Waals surface area contributed by atoms with Crippen molar-refractivity contribution in [1.29, 1.82) is 0 Å². The number of ether oxygens (including phenoxy) is 6. The topological polar surface area (TPSA) is 113 Å². The van der Waals surface area contributed by atoms with E-state index in [0.717, 1.165) is 17.5 Å². The molecular weight excluding hydrogens is 527 g/mol. The van der Waals surface area contributed by atoms with Crippen LogP contribution in [0.1, 0.15) is 35.6 Å². The van der Waals surface area contributed by atoms with Gasteiger partial charge in [0.05, 0.1) is 26.2 Å². The first kappa shape index (κ1) is 29.6. The van der Waals surface area contributed by atoms with Crippen molar-refractivity contribution in [2.75, 3.05) is 34.2 Å². The number of carboxylic acid groups (broad SMARTS) is 1. The Morgan fingerprint density at radius 2 is 1.70 bits per heavy atom. The summed E-state index contributed by atoms with van der Waals surface area (Å²) in [5.41, 5.74) is 1.48. The number of hydrogen-bond donors (Lipinski definition) is 0. The number of aliphatic carboxylic acids is 1. The number of esters is 1. The molecule has 2 aliphatic rings. The van der Waals surface area contributed by atoms with E-state index in [1.165, 1.54) is 14.2 Å². The molecule has 1 heterocycles. The fraction of sp³-hybridized carbons (Fsp3) is 0.333. The summed E-state index contributed by atoms with van der Waals surface area (Å²) in [5, 5.41) is 12.9. The zero-order chi connectivity index (χ0) is 27.6. The molecule has 0 saturated carbocycles. The van der Waals surface area contributed by atoms with Crippen LogP contribution >= 0.6 is 0 Å². The number of fused-ring (bicyclic) bond motifs is 2. The van der Waals surface area contributed by atoms with Crippen molar-refractivity contribution in [3.63, 3.8) is 0 Å². The van der Waals surface area contributed by atoms with Gasteiger partial charge in [0.25, 0.3) is 0 Å². The van der Waals surface area contributed by atoms with Gasteiger partial charge in [-0.1, -0.05) is 25.1 Å². The van der Waals surface area contributed by atoms with Gasteiger partial charge in [-0.2, -0.15) is 0 Å². The molecule has 0 aromatic heterocycles. The summed E-state index contributed by atoms with van der Waals surface area (Å²) in [6, 6.07) is 16.1. The second-order valence-electron chi connectivity index (χ2n) is 9.35. The van der Waals surface area contributed by atoms with E-state index < -0.39 is 23.3 Å². The molecule has 3 aromatic rings. The van der Waals surface area contributed by atoms with E-state index in [0.29, 0.717) is 40.7 Å². The normalized spacial score (nSPS) is 18.3. The fourth-order valence-corrected chi connectivity index (χ4v) is 5.51. The second-order valence-corrected chi connectivity index (χ2v) is 9.35. The average Bonchev–Trinajstić information content (AvgIpc) is 3.57. The van der Waals surface area contributed by atoms with Crippen molar-refractivity contribution in [2.24, 2.45) is 5.92 Å². The maximum absolute atomic E-state index is 12.9. The Morgan fingerprint density at radius 3 is 2.42 bits per heavy atom. The predicted octanol–water partition coefficient (Wildman–Crippen LogP) is 0.0251. The van der Waals surface area contributed by atoms with Gasteiger partial charge in [0.1, 0.15) is 17.2 Å². The van der Waals surface area contributed by atoms with Crippen LogP contribution in [0.4, 0.5) is 0 Å². The van der Waals surface area contributed by atoms with Crippen molar-refractivity contribution < 1.29 is 72.7 Å². The summed E-state index contributed by atoms with van der Waals surface area (Å²) in [7, 11) is 2.78. The molecule has 0 radical (unpaired) electrons. The van der Waals surface area contributed by atoms with E-state index in [2.05, 4.69) is 0 Å². The molecule has 1 aliphatic heterocycles. The van der Waals surface area contributed by atoms with E-state index >= 15 is 0 Å². The van der Waals surface area contributed by atoms with Gasteiger partial charge in [0.15, 0.2) is 18.1 Å². The zero-order valence-corrected chi connectivity index (χ0v) is 25.0. The monoisotopic (exact) mass is 556 g/mol. The maximum atomic E-state index is 12.9. The third kappa shape index (κ3) is 5.21. The minimum absolute atomic E-state index is 0. The Hall–Kier alpha value is -3.40. The largest absolute Gasteiger partial charge is 1.00 e. The second kappa shape index (κ2) is 12.4. The van der Waals surface area contributed by atoms with E-state index in [1.54, 1.807) is 30.3 Å². The summed E-state index contributed by atoms with van der Waals surface area (Å²) in [6.07, 6.45) is 1.03. The third-order valence-corrected chi connectivity index (χ3v) is 7.22. The minimum Gasteiger partial charge on any atom is -0.550 e.